The molecule has 0 unspecified atom stereocenters. The van der Waals surface area contributed by atoms with E-state index in [-0.39, 0.29) is 16.8 Å². The Morgan fingerprint density at radius 1 is 0.969 bits per heavy atom. The molecule has 32 heavy (non-hydrogen) atoms. The van der Waals surface area contributed by atoms with E-state index in [4.69, 9.17) is 0 Å². The van der Waals surface area contributed by atoms with Crippen LogP contribution >= 0.6 is 11.3 Å². The second kappa shape index (κ2) is 8.09. The Hall–Kier alpha value is -3.71. The molecule has 0 aliphatic carbocycles. The van der Waals surface area contributed by atoms with Crippen LogP contribution in [0.2, 0.25) is 0 Å². The van der Waals surface area contributed by atoms with Gasteiger partial charge in [0.2, 0.25) is 5.78 Å². The van der Waals surface area contributed by atoms with Gasteiger partial charge in [-0.1, -0.05) is 24.3 Å². The first kappa shape index (κ1) is 21.5. The fraction of sp³-hybridized carbons (Fsp3) is 0.160. The first-order chi connectivity index (χ1) is 15.2. The van der Waals surface area contributed by atoms with E-state index in [9.17, 15) is 24.6 Å². The van der Waals surface area contributed by atoms with Crippen LogP contribution in [-0.4, -0.2) is 27.9 Å². The number of amides is 1. The molecule has 1 amide bonds. The molecule has 1 aliphatic rings. The predicted molar refractivity (Wildman–Crippen MR) is 123 cm³/mol. The van der Waals surface area contributed by atoms with Crippen molar-refractivity contribution in [3.05, 3.63) is 97.9 Å². The number of carboxylic acid groups (broad SMARTS) is 1. The average Bonchev–Trinajstić information content (AvgIpc) is 3.38. The number of aryl methyl sites for hydroxylation is 3. The summed E-state index contributed by atoms with van der Waals surface area (Å²) >= 11 is 1.23. The number of aliphatic hydroxyl groups is 1. The van der Waals surface area contributed by atoms with Crippen molar-refractivity contribution >= 4 is 34.7 Å². The molecule has 1 aliphatic heterocycles. The third kappa shape index (κ3) is 3.50. The van der Waals surface area contributed by atoms with Crippen molar-refractivity contribution in [3.63, 3.8) is 0 Å². The number of nitrogens with zero attached hydrogens (tertiary/aromatic N) is 1. The van der Waals surface area contributed by atoms with Gasteiger partial charge in [-0.25, -0.2) is 4.79 Å². The molecule has 2 aromatic carbocycles. The van der Waals surface area contributed by atoms with E-state index in [2.05, 4.69) is 0 Å². The summed E-state index contributed by atoms with van der Waals surface area (Å²) in [5, 5.41) is 22.0. The lowest BCUT2D eigenvalue weighted by Crippen LogP contribution is -2.31. The van der Waals surface area contributed by atoms with Crippen LogP contribution in [0.1, 0.15) is 48.3 Å². The van der Waals surface area contributed by atoms with E-state index < -0.39 is 29.5 Å². The van der Waals surface area contributed by atoms with Crippen LogP contribution in [0.25, 0.3) is 0 Å². The third-order valence-corrected chi connectivity index (χ3v) is 6.61. The molecule has 0 bridgehead atoms. The van der Waals surface area contributed by atoms with E-state index in [0.29, 0.717) is 10.4 Å². The third-order valence-electron chi connectivity index (χ3n) is 5.75. The summed E-state index contributed by atoms with van der Waals surface area (Å²) in [6.45, 7) is 5.81. The maximum Gasteiger partial charge on any atom is 0.335 e. The molecular weight excluding hydrogens is 426 g/mol. The van der Waals surface area contributed by atoms with Crippen LogP contribution in [0, 0.1) is 20.8 Å². The van der Waals surface area contributed by atoms with Gasteiger partial charge in [-0.15, -0.1) is 11.3 Å². The van der Waals surface area contributed by atoms with Gasteiger partial charge in [-0.05, 0) is 72.7 Å². The number of benzene rings is 2. The van der Waals surface area contributed by atoms with Crippen molar-refractivity contribution in [1.82, 2.24) is 0 Å². The normalized spacial score (nSPS) is 16.0. The van der Waals surface area contributed by atoms with E-state index in [0.717, 1.165) is 16.7 Å². The maximum absolute atomic E-state index is 13.4. The molecule has 0 saturated heterocycles. The van der Waals surface area contributed by atoms with Crippen molar-refractivity contribution in [2.45, 2.75) is 26.8 Å². The van der Waals surface area contributed by atoms with Crippen LogP contribution in [-0.2, 0) is 4.79 Å². The Morgan fingerprint density at radius 3 is 2.34 bits per heavy atom. The predicted octanol–water partition coefficient (Wildman–Crippen LogP) is 5.15. The molecule has 2 N–H and O–H groups in total. The average molecular weight is 448 g/mol. The smallest absolute Gasteiger partial charge is 0.335 e. The van der Waals surface area contributed by atoms with Gasteiger partial charge in [0.05, 0.1) is 22.1 Å². The lowest BCUT2D eigenvalue weighted by molar-refractivity contribution is -0.117. The zero-order valence-corrected chi connectivity index (χ0v) is 18.6. The fourth-order valence-corrected chi connectivity index (χ4v) is 4.68. The molecule has 3 aromatic rings. The second-order valence-corrected chi connectivity index (χ2v) is 8.74. The van der Waals surface area contributed by atoms with Crippen molar-refractivity contribution in [2.24, 2.45) is 0 Å². The number of aliphatic hydroxyl groups excluding tert-OH is 1. The highest BCUT2D eigenvalue weighted by molar-refractivity contribution is 7.12. The number of hydrogen-bond acceptors (Lipinski definition) is 5. The number of anilines is 1. The quantitative estimate of drug-likeness (QED) is 0.527. The summed E-state index contributed by atoms with van der Waals surface area (Å²) in [4.78, 5) is 39.9. The number of carbonyl (C=O) groups is 3. The highest BCUT2D eigenvalue weighted by Gasteiger charge is 2.45. The number of ketones is 1. The zero-order chi connectivity index (χ0) is 23.2. The maximum atomic E-state index is 13.4. The molecule has 4 rings (SSSR count). The number of aromatic carboxylic acids is 1. The van der Waals surface area contributed by atoms with Gasteiger partial charge in [0, 0.05) is 5.69 Å². The largest absolute Gasteiger partial charge is 0.503 e. The zero-order valence-electron chi connectivity index (χ0n) is 17.7. The summed E-state index contributed by atoms with van der Waals surface area (Å²) < 4.78 is 0. The van der Waals surface area contributed by atoms with Crippen LogP contribution in [0.3, 0.4) is 0 Å². The van der Waals surface area contributed by atoms with Crippen molar-refractivity contribution in [3.8, 4) is 0 Å². The summed E-state index contributed by atoms with van der Waals surface area (Å²) in [5.41, 5.74) is 3.88. The Balaban J connectivity index is 1.95. The van der Waals surface area contributed by atoms with Crippen LogP contribution in [0.5, 0.6) is 0 Å². The highest BCUT2D eigenvalue weighted by atomic mass is 32.1. The van der Waals surface area contributed by atoms with Crippen molar-refractivity contribution < 1.29 is 24.6 Å². The molecule has 0 spiro atoms. The Morgan fingerprint density at radius 2 is 1.69 bits per heavy atom. The topological polar surface area (TPSA) is 94.9 Å². The van der Waals surface area contributed by atoms with Gasteiger partial charge in [0.1, 0.15) is 0 Å². The highest BCUT2D eigenvalue weighted by Crippen LogP contribution is 2.43. The minimum absolute atomic E-state index is 0.00313. The van der Waals surface area contributed by atoms with Gasteiger partial charge in [0.15, 0.2) is 5.76 Å². The van der Waals surface area contributed by atoms with Gasteiger partial charge >= 0.3 is 5.97 Å². The van der Waals surface area contributed by atoms with Crippen LogP contribution < -0.4 is 4.90 Å². The van der Waals surface area contributed by atoms with E-state index in [1.807, 2.05) is 32.9 Å². The molecule has 1 atom stereocenters. The van der Waals surface area contributed by atoms with Crippen LogP contribution in [0.4, 0.5) is 5.69 Å². The number of Topliss-reactive ketones (excluding diaryl/α,β-unsaturated/α-hetero) is 1. The van der Waals surface area contributed by atoms with Crippen molar-refractivity contribution in [2.75, 3.05) is 4.90 Å². The van der Waals surface area contributed by atoms with Gasteiger partial charge in [0.25, 0.3) is 5.91 Å². The summed E-state index contributed by atoms with van der Waals surface area (Å²) in [6.07, 6.45) is 0. The molecule has 162 valence electrons. The molecule has 0 fully saturated rings. The summed E-state index contributed by atoms with van der Waals surface area (Å²) in [5.74, 6) is -2.92. The lowest BCUT2D eigenvalue weighted by atomic mass is 9.89. The first-order valence-electron chi connectivity index (χ1n) is 9.96. The Bertz CT molecular complexity index is 1290. The van der Waals surface area contributed by atoms with Gasteiger partial charge in [-0.3, -0.25) is 14.5 Å². The van der Waals surface area contributed by atoms with Crippen LogP contribution in [0.15, 0.2) is 65.2 Å². The van der Waals surface area contributed by atoms with E-state index >= 15 is 0 Å². The van der Waals surface area contributed by atoms with E-state index in [1.165, 1.54) is 34.4 Å². The number of carbonyl (C=O) groups excluding carboxylic acids is 2. The molecule has 7 heteroatoms. The minimum Gasteiger partial charge on any atom is -0.503 e. The fourth-order valence-electron chi connectivity index (χ4n) is 4.00. The Labute approximate surface area is 189 Å². The Kier molecular flexibility index (Phi) is 5.44. The van der Waals surface area contributed by atoms with Gasteiger partial charge in [-0.2, -0.15) is 0 Å². The molecular formula is C25H21NO5S. The summed E-state index contributed by atoms with van der Waals surface area (Å²) in [7, 11) is 0. The SMILES string of the molecule is Cc1cc(C)c([C@@H]2C(C(=O)c3cccs3)=C(O)C(=O)N2c2cccc(C(=O)O)c2)cc1C. The lowest BCUT2D eigenvalue weighted by Gasteiger charge is -2.29. The number of thiophene rings is 1. The van der Waals surface area contributed by atoms with Crippen molar-refractivity contribution in [1.29, 1.82) is 0 Å². The monoisotopic (exact) mass is 447 g/mol. The minimum atomic E-state index is -1.13. The molecule has 0 saturated carbocycles. The number of carboxylic acids is 1. The van der Waals surface area contributed by atoms with E-state index in [1.54, 1.807) is 23.6 Å². The second-order valence-electron chi connectivity index (χ2n) is 7.79. The number of hydrogen-bond donors (Lipinski definition) is 2. The van der Waals surface area contributed by atoms with Gasteiger partial charge < -0.3 is 10.2 Å². The molecule has 1 aromatic heterocycles. The first-order valence-corrected chi connectivity index (χ1v) is 10.8. The number of rotatable bonds is 5. The summed E-state index contributed by atoms with van der Waals surface area (Å²) in [6, 6.07) is 12.3. The molecule has 0 radical (unpaired) electrons. The molecule has 2 heterocycles. The molecule has 6 nitrogen and oxygen atoms in total. The standard InChI is InChI=1S/C25H21NO5S/c1-13-10-15(3)18(11-14(13)2)21-20(22(27)19-8-5-9-32-19)23(28)24(29)26(21)17-7-4-6-16(12-17)25(30)31/h4-12,21,28H,1-3H3,(H,30,31)/t21-/m1/s1.